The molecule has 120 valence electrons. The number of β-amino-alcohol motifs (C(OH)–C–C–N with tert-alkyl or cyclic N) is 1. The average molecular weight is 311 g/mol. The molecule has 4 heteroatoms. The zero-order chi connectivity index (χ0) is 16.4. The number of hydrogen-bond donors (Lipinski definition) is 1. The van der Waals surface area contributed by atoms with E-state index in [1.807, 2.05) is 54.6 Å². The molecule has 0 bridgehead atoms. The quantitative estimate of drug-likeness (QED) is 0.944. The Labute approximate surface area is 136 Å². The number of methoxy groups -OCH3 is 1. The molecule has 0 spiro atoms. The molecule has 0 aromatic heterocycles. The van der Waals surface area contributed by atoms with Gasteiger partial charge in [-0.05, 0) is 43.2 Å². The molecule has 1 N–H and O–H groups in total. The number of carbonyl (C=O) groups is 1. The van der Waals surface area contributed by atoms with Crippen molar-refractivity contribution in [1.82, 2.24) is 0 Å². The van der Waals surface area contributed by atoms with Gasteiger partial charge in [-0.3, -0.25) is 4.79 Å². The molecule has 1 aliphatic rings. The Morgan fingerprint density at radius 1 is 1.17 bits per heavy atom. The largest absolute Gasteiger partial charge is 0.497 e. The molecular formula is C19H21NO3. The molecule has 0 aliphatic carbocycles. The molecule has 0 radical (unpaired) electrons. The van der Waals surface area contributed by atoms with Gasteiger partial charge >= 0.3 is 0 Å². The number of amides is 1. The van der Waals surface area contributed by atoms with Gasteiger partial charge in [0.15, 0.2) is 0 Å². The van der Waals surface area contributed by atoms with E-state index in [1.54, 1.807) is 18.9 Å². The van der Waals surface area contributed by atoms with Gasteiger partial charge in [0.25, 0.3) is 0 Å². The van der Waals surface area contributed by atoms with Crippen molar-refractivity contribution in [3.63, 3.8) is 0 Å². The van der Waals surface area contributed by atoms with Gasteiger partial charge in [0, 0.05) is 5.69 Å². The fraction of sp³-hybridized carbons (Fsp3) is 0.316. The second kappa shape index (κ2) is 6.05. The molecule has 4 nitrogen and oxygen atoms in total. The van der Waals surface area contributed by atoms with Gasteiger partial charge in [-0.15, -0.1) is 0 Å². The second-order valence-corrected chi connectivity index (χ2v) is 6.22. The molecule has 2 aromatic carbocycles. The molecule has 1 aliphatic heterocycles. The molecule has 1 saturated heterocycles. The van der Waals surface area contributed by atoms with Crippen molar-refractivity contribution >= 4 is 11.6 Å². The van der Waals surface area contributed by atoms with E-state index in [4.69, 9.17) is 4.74 Å². The van der Waals surface area contributed by atoms with Crippen LogP contribution in [0.15, 0.2) is 54.6 Å². The first-order valence-electron chi connectivity index (χ1n) is 7.73. The summed E-state index contributed by atoms with van der Waals surface area (Å²) in [6, 6.07) is 17.1. The first kappa shape index (κ1) is 15.6. The van der Waals surface area contributed by atoms with Crippen molar-refractivity contribution in [1.29, 1.82) is 0 Å². The SMILES string of the molecule is COc1ccc(N2C[C@@](C)(O)[C@@H](Cc3ccccc3)C2=O)cc1. The number of carbonyl (C=O) groups excluding carboxylic acids is 1. The number of anilines is 1. The van der Waals surface area contributed by atoms with Crippen molar-refractivity contribution in [3.8, 4) is 5.75 Å². The van der Waals surface area contributed by atoms with Crippen LogP contribution in [0.4, 0.5) is 5.69 Å². The van der Waals surface area contributed by atoms with Crippen molar-refractivity contribution in [2.45, 2.75) is 18.9 Å². The number of nitrogens with zero attached hydrogens (tertiary/aromatic N) is 1. The number of benzene rings is 2. The number of rotatable bonds is 4. The Bertz CT molecular complexity index is 680. The highest BCUT2D eigenvalue weighted by atomic mass is 16.5. The van der Waals surface area contributed by atoms with Crippen molar-refractivity contribution in [2.75, 3.05) is 18.6 Å². The maximum Gasteiger partial charge on any atom is 0.233 e. The summed E-state index contributed by atoms with van der Waals surface area (Å²) in [7, 11) is 1.61. The first-order valence-corrected chi connectivity index (χ1v) is 7.73. The number of aliphatic hydroxyl groups is 1. The summed E-state index contributed by atoms with van der Waals surface area (Å²) in [6.07, 6.45) is 0.541. The third-order valence-corrected chi connectivity index (χ3v) is 4.46. The standard InChI is InChI=1S/C19H21NO3/c1-19(22)13-20(15-8-10-16(23-2)11-9-15)18(21)17(19)12-14-6-4-3-5-7-14/h3-11,17,22H,12-13H2,1-2H3/t17-,19+/m0/s1. The minimum Gasteiger partial charge on any atom is -0.497 e. The topological polar surface area (TPSA) is 49.8 Å². The van der Waals surface area contributed by atoms with Gasteiger partial charge < -0.3 is 14.7 Å². The first-order chi connectivity index (χ1) is 11.0. The van der Waals surface area contributed by atoms with Crippen LogP contribution < -0.4 is 9.64 Å². The molecule has 0 saturated carbocycles. The van der Waals surface area contributed by atoms with Crippen LogP contribution in [-0.4, -0.2) is 30.3 Å². The maximum absolute atomic E-state index is 12.8. The summed E-state index contributed by atoms with van der Waals surface area (Å²) >= 11 is 0. The maximum atomic E-state index is 12.8. The van der Waals surface area contributed by atoms with Gasteiger partial charge in [-0.25, -0.2) is 0 Å². The van der Waals surface area contributed by atoms with Gasteiger partial charge in [-0.2, -0.15) is 0 Å². The van der Waals surface area contributed by atoms with E-state index in [1.165, 1.54) is 0 Å². The Hall–Kier alpha value is -2.33. The van der Waals surface area contributed by atoms with Crippen molar-refractivity contribution in [3.05, 3.63) is 60.2 Å². The zero-order valence-electron chi connectivity index (χ0n) is 13.4. The van der Waals surface area contributed by atoms with E-state index in [0.29, 0.717) is 13.0 Å². The molecular weight excluding hydrogens is 290 g/mol. The third kappa shape index (κ3) is 3.08. The van der Waals surface area contributed by atoms with E-state index in [0.717, 1.165) is 17.0 Å². The molecule has 1 amide bonds. The molecule has 3 rings (SSSR count). The van der Waals surface area contributed by atoms with Crippen LogP contribution in [0.1, 0.15) is 12.5 Å². The lowest BCUT2D eigenvalue weighted by Crippen LogP contribution is -2.36. The average Bonchev–Trinajstić information content (AvgIpc) is 2.79. The second-order valence-electron chi connectivity index (χ2n) is 6.22. The lowest BCUT2D eigenvalue weighted by atomic mass is 9.87. The molecule has 2 aromatic rings. The Balaban J connectivity index is 1.83. The Morgan fingerprint density at radius 3 is 2.43 bits per heavy atom. The molecule has 23 heavy (non-hydrogen) atoms. The molecule has 2 atom stereocenters. The van der Waals surface area contributed by atoms with Gasteiger partial charge in [-0.1, -0.05) is 30.3 Å². The fourth-order valence-corrected chi connectivity index (χ4v) is 3.10. The third-order valence-electron chi connectivity index (χ3n) is 4.46. The van der Waals surface area contributed by atoms with Gasteiger partial charge in [0.05, 0.1) is 25.2 Å². The normalized spacial score (nSPS) is 24.0. The Kier molecular flexibility index (Phi) is 4.09. The Morgan fingerprint density at radius 2 is 1.83 bits per heavy atom. The molecule has 0 unspecified atom stereocenters. The van der Waals surface area contributed by atoms with E-state index in [2.05, 4.69) is 0 Å². The molecule has 1 heterocycles. The van der Waals surface area contributed by atoms with Gasteiger partial charge in [0.1, 0.15) is 5.75 Å². The minimum atomic E-state index is -1.05. The lowest BCUT2D eigenvalue weighted by molar-refractivity contribution is -0.123. The minimum absolute atomic E-state index is 0.0379. The number of ether oxygens (including phenoxy) is 1. The summed E-state index contributed by atoms with van der Waals surface area (Å²) in [5, 5.41) is 10.7. The number of hydrogen-bond acceptors (Lipinski definition) is 3. The van der Waals surface area contributed by atoms with Crippen LogP contribution in [0.2, 0.25) is 0 Å². The lowest BCUT2D eigenvalue weighted by Gasteiger charge is -2.22. The summed E-state index contributed by atoms with van der Waals surface area (Å²) in [4.78, 5) is 14.5. The molecule has 1 fully saturated rings. The van der Waals surface area contributed by atoms with Crippen LogP contribution in [0.25, 0.3) is 0 Å². The van der Waals surface area contributed by atoms with Crippen molar-refractivity contribution < 1.29 is 14.6 Å². The van der Waals surface area contributed by atoms with E-state index < -0.39 is 11.5 Å². The van der Waals surface area contributed by atoms with Crippen LogP contribution in [-0.2, 0) is 11.2 Å². The monoisotopic (exact) mass is 311 g/mol. The van der Waals surface area contributed by atoms with E-state index in [-0.39, 0.29) is 5.91 Å². The predicted octanol–water partition coefficient (Wildman–Crippen LogP) is 2.65. The predicted molar refractivity (Wildman–Crippen MR) is 89.6 cm³/mol. The zero-order valence-corrected chi connectivity index (χ0v) is 13.4. The van der Waals surface area contributed by atoms with Gasteiger partial charge in [0.2, 0.25) is 5.91 Å². The smallest absolute Gasteiger partial charge is 0.233 e. The summed E-state index contributed by atoms with van der Waals surface area (Å²) in [5.41, 5.74) is 0.793. The summed E-state index contributed by atoms with van der Waals surface area (Å²) in [5.74, 6) is 0.268. The highest BCUT2D eigenvalue weighted by molar-refractivity contribution is 5.98. The van der Waals surface area contributed by atoms with E-state index in [9.17, 15) is 9.90 Å². The van der Waals surface area contributed by atoms with Crippen LogP contribution in [0.3, 0.4) is 0 Å². The van der Waals surface area contributed by atoms with Crippen LogP contribution >= 0.6 is 0 Å². The summed E-state index contributed by atoms with van der Waals surface area (Å²) < 4.78 is 5.15. The highest BCUT2D eigenvalue weighted by Gasteiger charge is 2.48. The van der Waals surface area contributed by atoms with E-state index >= 15 is 0 Å². The fourth-order valence-electron chi connectivity index (χ4n) is 3.10. The van der Waals surface area contributed by atoms with Crippen LogP contribution in [0, 0.1) is 5.92 Å². The summed E-state index contributed by atoms with van der Waals surface area (Å²) in [6.45, 7) is 2.04. The highest BCUT2D eigenvalue weighted by Crippen LogP contribution is 2.35. The van der Waals surface area contributed by atoms with Crippen molar-refractivity contribution in [2.24, 2.45) is 5.92 Å². The van der Waals surface area contributed by atoms with Crippen LogP contribution in [0.5, 0.6) is 5.75 Å².